The molecule has 1 aliphatic heterocycles. The Morgan fingerprint density at radius 2 is 2.00 bits per heavy atom. The summed E-state index contributed by atoms with van der Waals surface area (Å²) in [5.41, 5.74) is 1.87. The number of Topliss-reactive ketones (excluding diaryl/α,β-unsaturated/α-hetero) is 1. The van der Waals surface area contributed by atoms with E-state index in [4.69, 9.17) is 4.74 Å². The van der Waals surface area contributed by atoms with Gasteiger partial charge in [-0.3, -0.25) is 4.79 Å². The summed E-state index contributed by atoms with van der Waals surface area (Å²) in [6.07, 6.45) is 0.557. The van der Waals surface area contributed by atoms with Crippen LogP contribution >= 0.6 is 0 Å². The molecule has 0 aromatic heterocycles. The van der Waals surface area contributed by atoms with Gasteiger partial charge in [-0.25, -0.2) is 0 Å². The van der Waals surface area contributed by atoms with E-state index in [2.05, 4.69) is 33.8 Å². The molecule has 0 fully saturated rings. The summed E-state index contributed by atoms with van der Waals surface area (Å²) in [5.74, 6) is 1.37. The topological polar surface area (TPSA) is 26.3 Å². The van der Waals surface area contributed by atoms with Gasteiger partial charge in [-0.2, -0.15) is 0 Å². The van der Waals surface area contributed by atoms with Gasteiger partial charge in [0.1, 0.15) is 5.75 Å². The fourth-order valence-electron chi connectivity index (χ4n) is 2.10. The third kappa shape index (κ3) is 2.51. The molecule has 2 rings (SSSR count). The minimum absolute atomic E-state index is 0.0753. The Bertz CT molecular complexity index is 444. The van der Waals surface area contributed by atoms with Crippen molar-refractivity contribution in [3.63, 3.8) is 0 Å². The van der Waals surface area contributed by atoms with Gasteiger partial charge in [-0.15, -0.1) is 0 Å². The van der Waals surface area contributed by atoms with Crippen molar-refractivity contribution >= 4 is 5.78 Å². The highest BCUT2D eigenvalue weighted by molar-refractivity contribution is 5.99. The first kappa shape index (κ1) is 12.2. The van der Waals surface area contributed by atoms with Crippen molar-refractivity contribution < 1.29 is 9.53 Å². The first-order valence-corrected chi connectivity index (χ1v) is 6.19. The second-order valence-corrected chi connectivity index (χ2v) is 5.96. The number of hydrogen-bond donors (Lipinski definition) is 0. The fraction of sp³-hybridized carbons (Fsp3) is 0.533. The van der Waals surface area contributed by atoms with Gasteiger partial charge in [-0.1, -0.05) is 33.8 Å². The van der Waals surface area contributed by atoms with Crippen molar-refractivity contribution in [3.8, 4) is 5.75 Å². The number of ether oxygens (including phenoxy) is 1. The molecule has 0 aliphatic carbocycles. The number of benzene rings is 1. The molecule has 17 heavy (non-hydrogen) atoms. The maximum atomic E-state index is 12.2. The summed E-state index contributed by atoms with van der Waals surface area (Å²) in [6.45, 7) is 9.01. The lowest BCUT2D eigenvalue weighted by atomic mass is 9.87. The molecule has 1 aromatic carbocycles. The Labute approximate surface area is 103 Å². The Hall–Kier alpha value is -1.31. The summed E-state index contributed by atoms with van der Waals surface area (Å²) in [5, 5.41) is 0. The van der Waals surface area contributed by atoms with Crippen LogP contribution in [0.5, 0.6) is 5.75 Å². The maximum Gasteiger partial charge on any atom is 0.167 e. The van der Waals surface area contributed by atoms with Crippen LogP contribution in [0.1, 0.15) is 56.0 Å². The number of hydrogen-bond acceptors (Lipinski definition) is 2. The molecule has 2 nitrogen and oxygen atoms in total. The SMILES string of the molecule is CC(C)c1ccc2c(c1)C(=O)CC(C)(C)CO2. The number of ketones is 1. The van der Waals surface area contributed by atoms with E-state index in [9.17, 15) is 4.79 Å². The number of carbonyl (C=O) groups is 1. The Morgan fingerprint density at radius 1 is 1.29 bits per heavy atom. The van der Waals surface area contributed by atoms with Crippen molar-refractivity contribution in [2.24, 2.45) is 5.41 Å². The molecular formula is C15H20O2. The van der Waals surface area contributed by atoms with Crippen molar-refractivity contribution in [1.82, 2.24) is 0 Å². The molecule has 0 unspecified atom stereocenters. The number of fused-ring (bicyclic) bond motifs is 1. The fourth-order valence-corrected chi connectivity index (χ4v) is 2.10. The van der Waals surface area contributed by atoms with Crippen LogP contribution in [0.2, 0.25) is 0 Å². The zero-order valence-electron chi connectivity index (χ0n) is 11.0. The second kappa shape index (κ2) is 4.17. The lowest BCUT2D eigenvalue weighted by molar-refractivity contribution is 0.0918. The quantitative estimate of drug-likeness (QED) is 0.736. The minimum Gasteiger partial charge on any atom is -0.492 e. The van der Waals surface area contributed by atoms with Crippen LogP contribution in [-0.4, -0.2) is 12.4 Å². The molecule has 0 amide bonds. The van der Waals surface area contributed by atoms with Gasteiger partial charge in [0, 0.05) is 11.8 Å². The van der Waals surface area contributed by atoms with Gasteiger partial charge >= 0.3 is 0 Å². The summed E-state index contributed by atoms with van der Waals surface area (Å²) in [7, 11) is 0. The summed E-state index contributed by atoms with van der Waals surface area (Å²) >= 11 is 0. The van der Waals surface area contributed by atoms with Gasteiger partial charge in [0.2, 0.25) is 0 Å². The molecule has 0 atom stereocenters. The maximum absolute atomic E-state index is 12.2. The molecule has 1 aliphatic rings. The van der Waals surface area contributed by atoms with Gasteiger partial charge in [0.25, 0.3) is 0 Å². The molecule has 0 N–H and O–H groups in total. The lowest BCUT2D eigenvalue weighted by Crippen LogP contribution is -2.21. The largest absolute Gasteiger partial charge is 0.492 e. The van der Waals surface area contributed by atoms with Crippen LogP contribution < -0.4 is 4.74 Å². The third-order valence-corrected chi connectivity index (χ3v) is 3.23. The molecule has 2 heteroatoms. The minimum atomic E-state index is -0.0753. The van der Waals surface area contributed by atoms with E-state index >= 15 is 0 Å². The van der Waals surface area contributed by atoms with E-state index in [-0.39, 0.29) is 11.2 Å². The number of rotatable bonds is 1. The van der Waals surface area contributed by atoms with Gasteiger partial charge in [0.15, 0.2) is 5.78 Å². The second-order valence-electron chi connectivity index (χ2n) is 5.96. The van der Waals surface area contributed by atoms with Crippen LogP contribution in [-0.2, 0) is 0 Å². The van der Waals surface area contributed by atoms with E-state index in [0.717, 1.165) is 11.3 Å². The molecule has 1 heterocycles. The average Bonchev–Trinajstić information content (AvgIpc) is 2.35. The standard InChI is InChI=1S/C15H20O2/c1-10(2)11-5-6-14-12(7-11)13(16)8-15(3,4)9-17-14/h5-7,10H,8-9H2,1-4H3. The predicted octanol–water partition coefficient (Wildman–Crippen LogP) is 3.80. The van der Waals surface area contributed by atoms with Crippen molar-refractivity contribution in [1.29, 1.82) is 0 Å². The molecule has 92 valence electrons. The van der Waals surface area contributed by atoms with Gasteiger partial charge in [-0.05, 0) is 23.6 Å². The van der Waals surface area contributed by atoms with Crippen molar-refractivity contribution in [2.75, 3.05) is 6.61 Å². The lowest BCUT2D eigenvalue weighted by Gasteiger charge is -2.19. The Morgan fingerprint density at radius 3 is 2.65 bits per heavy atom. The molecule has 0 bridgehead atoms. The summed E-state index contributed by atoms with van der Waals surface area (Å²) in [4.78, 5) is 12.2. The molecule has 1 aromatic rings. The first-order chi connectivity index (χ1) is 7.89. The molecule has 0 saturated heterocycles. The van der Waals surface area contributed by atoms with Crippen LogP contribution in [0.4, 0.5) is 0 Å². The van der Waals surface area contributed by atoms with E-state index in [1.807, 2.05) is 12.1 Å². The molecule has 0 saturated carbocycles. The molecular weight excluding hydrogens is 212 g/mol. The van der Waals surface area contributed by atoms with Crippen LogP contribution in [0.3, 0.4) is 0 Å². The van der Waals surface area contributed by atoms with Crippen molar-refractivity contribution in [2.45, 2.75) is 40.0 Å². The van der Waals surface area contributed by atoms with Gasteiger partial charge in [0.05, 0.1) is 12.2 Å². The monoisotopic (exact) mass is 232 g/mol. The van der Waals surface area contributed by atoms with E-state index in [0.29, 0.717) is 18.9 Å². The van der Waals surface area contributed by atoms with Crippen LogP contribution in [0, 0.1) is 5.41 Å². The highest BCUT2D eigenvalue weighted by Gasteiger charge is 2.29. The zero-order valence-corrected chi connectivity index (χ0v) is 11.0. The van der Waals surface area contributed by atoms with Crippen LogP contribution in [0.25, 0.3) is 0 Å². The van der Waals surface area contributed by atoms with E-state index in [1.165, 1.54) is 5.56 Å². The van der Waals surface area contributed by atoms with E-state index in [1.54, 1.807) is 0 Å². The van der Waals surface area contributed by atoms with E-state index < -0.39 is 0 Å². The first-order valence-electron chi connectivity index (χ1n) is 6.19. The van der Waals surface area contributed by atoms with Gasteiger partial charge < -0.3 is 4.74 Å². The Kier molecular flexibility index (Phi) is 2.98. The predicted molar refractivity (Wildman–Crippen MR) is 68.8 cm³/mol. The highest BCUT2D eigenvalue weighted by atomic mass is 16.5. The molecule has 0 radical (unpaired) electrons. The third-order valence-electron chi connectivity index (χ3n) is 3.23. The van der Waals surface area contributed by atoms with Crippen LogP contribution in [0.15, 0.2) is 18.2 Å². The Balaban J connectivity index is 2.42. The average molecular weight is 232 g/mol. The highest BCUT2D eigenvalue weighted by Crippen LogP contribution is 2.33. The summed E-state index contributed by atoms with van der Waals surface area (Å²) in [6, 6.07) is 5.98. The smallest absolute Gasteiger partial charge is 0.167 e. The number of carbonyl (C=O) groups excluding carboxylic acids is 1. The zero-order chi connectivity index (χ0) is 12.6. The molecule has 0 spiro atoms. The summed E-state index contributed by atoms with van der Waals surface area (Å²) < 4.78 is 5.75. The normalized spacial score (nSPS) is 18.5. The van der Waals surface area contributed by atoms with Crippen molar-refractivity contribution in [3.05, 3.63) is 29.3 Å².